The van der Waals surface area contributed by atoms with Gasteiger partial charge in [-0.25, -0.2) is 0 Å². The van der Waals surface area contributed by atoms with Gasteiger partial charge < -0.3 is 15.4 Å². The molecule has 0 fully saturated rings. The first-order chi connectivity index (χ1) is 8.70. The Hall–Kier alpha value is -2.49. The molecule has 4 heteroatoms. The summed E-state index contributed by atoms with van der Waals surface area (Å²) >= 11 is 0. The zero-order chi connectivity index (χ0) is 13.0. The molecule has 0 aliphatic heterocycles. The number of rotatable bonds is 3. The van der Waals surface area contributed by atoms with E-state index in [0.717, 1.165) is 5.56 Å². The Labute approximate surface area is 104 Å². The molecule has 0 amide bonds. The van der Waals surface area contributed by atoms with Crippen molar-refractivity contribution in [2.24, 2.45) is 5.16 Å². The summed E-state index contributed by atoms with van der Waals surface area (Å²) in [7, 11) is 0. The van der Waals surface area contributed by atoms with E-state index in [0.29, 0.717) is 17.7 Å². The van der Waals surface area contributed by atoms with E-state index in [1.54, 1.807) is 0 Å². The first-order valence-electron chi connectivity index (χ1n) is 5.48. The molecule has 0 aliphatic carbocycles. The molecule has 0 aliphatic rings. The van der Waals surface area contributed by atoms with Crippen molar-refractivity contribution >= 4 is 5.71 Å². The minimum absolute atomic E-state index is 0.0340. The predicted octanol–water partition coefficient (Wildman–Crippen LogP) is 2.52. The van der Waals surface area contributed by atoms with Gasteiger partial charge in [0.05, 0.1) is 5.71 Å². The Kier molecular flexibility index (Phi) is 3.48. The van der Waals surface area contributed by atoms with Crippen molar-refractivity contribution in [3.8, 4) is 11.5 Å². The number of nitrogens with zero attached hydrogens (tertiary/aromatic N) is 1. The van der Waals surface area contributed by atoms with Gasteiger partial charge in [-0.1, -0.05) is 35.5 Å². The molecule has 0 saturated carbocycles. The van der Waals surface area contributed by atoms with Crippen molar-refractivity contribution in [2.75, 3.05) is 0 Å². The molecule has 92 valence electrons. The summed E-state index contributed by atoms with van der Waals surface area (Å²) in [5.74, 6) is -0.146. The van der Waals surface area contributed by atoms with Crippen LogP contribution >= 0.6 is 0 Å². The van der Waals surface area contributed by atoms with E-state index in [9.17, 15) is 10.2 Å². The highest BCUT2D eigenvalue weighted by molar-refractivity contribution is 6.03. The molecule has 0 saturated heterocycles. The lowest BCUT2D eigenvalue weighted by molar-refractivity contribution is 0.318. The Balaban J connectivity index is 2.30. The van der Waals surface area contributed by atoms with E-state index < -0.39 is 0 Å². The monoisotopic (exact) mass is 243 g/mol. The van der Waals surface area contributed by atoms with Gasteiger partial charge >= 0.3 is 0 Å². The van der Waals surface area contributed by atoms with Gasteiger partial charge in [0.15, 0.2) is 0 Å². The highest BCUT2D eigenvalue weighted by Crippen LogP contribution is 2.24. The summed E-state index contributed by atoms with van der Waals surface area (Å²) in [6.45, 7) is 0. The third-order valence-corrected chi connectivity index (χ3v) is 2.63. The highest BCUT2D eigenvalue weighted by Gasteiger charge is 2.11. The van der Waals surface area contributed by atoms with Crippen molar-refractivity contribution in [1.82, 2.24) is 0 Å². The minimum atomic E-state index is -0.112. The Morgan fingerprint density at radius 3 is 2.33 bits per heavy atom. The molecule has 2 aromatic rings. The lowest BCUT2D eigenvalue weighted by atomic mass is 10.0. The van der Waals surface area contributed by atoms with E-state index in [4.69, 9.17) is 5.21 Å². The third kappa shape index (κ3) is 2.60. The van der Waals surface area contributed by atoms with E-state index in [1.165, 1.54) is 18.2 Å². The lowest BCUT2D eigenvalue weighted by Crippen LogP contribution is -2.05. The van der Waals surface area contributed by atoms with Crippen LogP contribution in [0.15, 0.2) is 53.7 Å². The molecule has 18 heavy (non-hydrogen) atoms. The summed E-state index contributed by atoms with van der Waals surface area (Å²) in [5, 5.41) is 31.2. The van der Waals surface area contributed by atoms with Gasteiger partial charge in [-0.2, -0.15) is 0 Å². The molecule has 0 unspecified atom stereocenters. The topological polar surface area (TPSA) is 73.1 Å². The van der Waals surface area contributed by atoms with Crippen molar-refractivity contribution in [1.29, 1.82) is 0 Å². The van der Waals surface area contributed by atoms with E-state index in [2.05, 4.69) is 5.16 Å². The van der Waals surface area contributed by atoms with Crippen LogP contribution in [0.3, 0.4) is 0 Å². The van der Waals surface area contributed by atoms with Gasteiger partial charge in [-0.05, 0) is 17.7 Å². The largest absolute Gasteiger partial charge is 0.508 e. The number of hydrogen-bond donors (Lipinski definition) is 3. The van der Waals surface area contributed by atoms with Crippen molar-refractivity contribution in [2.45, 2.75) is 6.42 Å². The maximum Gasteiger partial charge on any atom is 0.128 e. The normalized spacial score (nSPS) is 11.4. The van der Waals surface area contributed by atoms with Crippen molar-refractivity contribution in [3.63, 3.8) is 0 Å². The molecule has 2 rings (SSSR count). The van der Waals surface area contributed by atoms with Gasteiger partial charge in [0, 0.05) is 18.1 Å². The maximum atomic E-state index is 9.72. The molecule has 0 heterocycles. The average Bonchev–Trinajstić information content (AvgIpc) is 2.38. The standard InChI is InChI=1S/C14H13NO3/c16-11-6-7-12(14(17)9-11)13(15-18)8-10-4-2-1-3-5-10/h1-7,9,16-18H,8H2. The van der Waals surface area contributed by atoms with Gasteiger partial charge in [0.1, 0.15) is 11.5 Å². The fourth-order valence-corrected chi connectivity index (χ4v) is 1.74. The fraction of sp³-hybridized carbons (Fsp3) is 0.0714. The Morgan fingerprint density at radius 1 is 1.00 bits per heavy atom. The lowest BCUT2D eigenvalue weighted by Gasteiger charge is -2.07. The second-order valence-electron chi connectivity index (χ2n) is 3.91. The van der Waals surface area contributed by atoms with Gasteiger partial charge in [-0.15, -0.1) is 0 Å². The summed E-state index contributed by atoms with van der Waals surface area (Å²) in [6, 6.07) is 13.7. The summed E-state index contributed by atoms with van der Waals surface area (Å²) in [6.07, 6.45) is 0.398. The van der Waals surface area contributed by atoms with E-state index in [-0.39, 0.29) is 11.5 Å². The van der Waals surface area contributed by atoms with Crippen LogP contribution in [0, 0.1) is 0 Å². The minimum Gasteiger partial charge on any atom is -0.508 e. The molecule has 0 radical (unpaired) electrons. The van der Waals surface area contributed by atoms with Crippen LogP contribution in [0.5, 0.6) is 11.5 Å². The molecule has 3 N–H and O–H groups in total. The van der Waals surface area contributed by atoms with Crippen LogP contribution in [0.25, 0.3) is 0 Å². The fourth-order valence-electron chi connectivity index (χ4n) is 1.74. The Morgan fingerprint density at radius 2 is 1.72 bits per heavy atom. The van der Waals surface area contributed by atoms with Gasteiger partial charge in [-0.3, -0.25) is 0 Å². The predicted molar refractivity (Wildman–Crippen MR) is 68.2 cm³/mol. The van der Waals surface area contributed by atoms with Crippen LogP contribution in [0.4, 0.5) is 0 Å². The van der Waals surface area contributed by atoms with Gasteiger partial charge in [0.2, 0.25) is 0 Å². The van der Waals surface area contributed by atoms with Crippen LogP contribution < -0.4 is 0 Å². The molecule has 0 spiro atoms. The maximum absolute atomic E-state index is 9.72. The first-order valence-corrected chi connectivity index (χ1v) is 5.48. The number of phenols is 2. The number of benzene rings is 2. The van der Waals surface area contributed by atoms with Crippen LogP contribution in [0.1, 0.15) is 11.1 Å². The molecular formula is C14H13NO3. The van der Waals surface area contributed by atoms with Crippen molar-refractivity contribution < 1.29 is 15.4 Å². The van der Waals surface area contributed by atoms with Gasteiger partial charge in [0.25, 0.3) is 0 Å². The zero-order valence-corrected chi connectivity index (χ0v) is 9.61. The molecule has 0 bridgehead atoms. The van der Waals surface area contributed by atoms with Crippen LogP contribution in [-0.4, -0.2) is 21.1 Å². The number of hydrogen-bond acceptors (Lipinski definition) is 4. The summed E-state index contributed by atoms with van der Waals surface area (Å²) in [4.78, 5) is 0. The van der Waals surface area contributed by atoms with E-state index in [1.807, 2.05) is 30.3 Å². The van der Waals surface area contributed by atoms with E-state index >= 15 is 0 Å². The average molecular weight is 243 g/mol. The molecular weight excluding hydrogens is 230 g/mol. The quantitative estimate of drug-likeness (QED) is 0.440. The first kappa shape index (κ1) is 12.0. The third-order valence-electron chi connectivity index (χ3n) is 2.63. The molecule has 4 nitrogen and oxygen atoms in total. The highest BCUT2D eigenvalue weighted by atomic mass is 16.4. The number of aromatic hydroxyl groups is 2. The smallest absolute Gasteiger partial charge is 0.128 e. The molecule has 0 atom stereocenters. The van der Waals surface area contributed by atoms with Crippen LogP contribution in [-0.2, 0) is 6.42 Å². The summed E-state index contributed by atoms with van der Waals surface area (Å²) < 4.78 is 0. The Bertz CT molecular complexity index is 565. The molecule has 0 aromatic heterocycles. The SMILES string of the molecule is ON=C(Cc1ccccc1)c1ccc(O)cc1O. The summed E-state index contributed by atoms with van der Waals surface area (Å²) in [5.41, 5.74) is 1.72. The second kappa shape index (κ2) is 5.23. The van der Waals surface area contributed by atoms with Crippen molar-refractivity contribution in [3.05, 3.63) is 59.7 Å². The number of oxime groups is 1. The second-order valence-corrected chi connectivity index (χ2v) is 3.91. The van der Waals surface area contributed by atoms with Crippen LogP contribution in [0.2, 0.25) is 0 Å². The zero-order valence-electron chi connectivity index (χ0n) is 9.61. The number of phenolic OH excluding ortho intramolecular Hbond substituents is 2. The molecule has 2 aromatic carbocycles.